The van der Waals surface area contributed by atoms with Gasteiger partial charge in [-0.2, -0.15) is 0 Å². The van der Waals surface area contributed by atoms with Crippen molar-refractivity contribution in [1.82, 2.24) is 0 Å². The monoisotopic (exact) mass is 412 g/mol. The molecule has 5 aromatic carbocycles. The molecule has 0 atom stereocenters. The first kappa shape index (κ1) is 17.4. The van der Waals surface area contributed by atoms with Crippen molar-refractivity contribution < 1.29 is 0 Å². The summed E-state index contributed by atoms with van der Waals surface area (Å²) in [5.41, 5.74) is 9.52. The molecule has 0 amide bonds. The Kier molecular flexibility index (Phi) is 3.43. The van der Waals surface area contributed by atoms with Gasteiger partial charge >= 0.3 is 0 Å². The maximum Gasteiger partial charge on any atom is 0.0735 e. The Labute approximate surface area is 186 Å². The van der Waals surface area contributed by atoms with E-state index in [2.05, 4.69) is 110 Å². The maximum absolute atomic E-state index is 2.39. The summed E-state index contributed by atoms with van der Waals surface area (Å²) in [5.74, 6) is 0. The first-order valence-electron chi connectivity index (χ1n) is 10.8. The van der Waals surface area contributed by atoms with Crippen LogP contribution < -0.4 is 0 Å². The van der Waals surface area contributed by atoms with Crippen LogP contribution in [0.5, 0.6) is 0 Å². The van der Waals surface area contributed by atoms with Crippen molar-refractivity contribution in [2.75, 3.05) is 0 Å². The lowest BCUT2D eigenvalue weighted by atomic mass is 9.67. The van der Waals surface area contributed by atoms with Crippen molar-refractivity contribution in [3.05, 3.63) is 131 Å². The Hall–Kier alpha value is -3.29. The van der Waals surface area contributed by atoms with E-state index in [-0.39, 0.29) is 5.41 Å². The fourth-order valence-corrected chi connectivity index (χ4v) is 7.08. The first-order chi connectivity index (χ1) is 15.3. The fourth-order valence-electron chi connectivity index (χ4n) is 5.89. The summed E-state index contributed by atoms with van der Waals surface area (Å²) >= 11 is 1.90. The molecule has 7 rings (SSSR count). The average molecular weight is 413 g/mol. The van der Waals surface area contributed by atoms with Crippen molar-refractivity contribution >= 4 is 22.5 Å². The van der Waals surface area contributed by atoms with Gasteiger partial charge in [0, 0.05) is 9.79 Å². The van der Waals surface area contributed by atoms with Crippen LogP contribution in [0.2, 0.25) is 0 Å². The smallest absolute Gasteiger partial charge is 0.0735 e. The molecule has 31 heavy (non-hydrogen) atoms. The Morgan fingerprint density at radius 1 is 0.516 bits per heavy atom. The van der Waals surface area contributed by atoms with Gasteiger partial charge in [0.2, 0.25) is 0 Å². The molecule has 0 nitrogen and oxygen atoms in total. The van der Waals surface area contributed by atoms with E-state index in [4.69, 9.17) is 0 Å². The Morgan fingerprint density at radius 2 is 1.13 bits per heavy atom. The zero-order valence-corrected chi connectivity index (χ0v) is 18.0. The molecule has 146 valence electrons. The van der Waals surface area contributed by atoms with E-state index in [0.717, 1.165) is 0 Å². The van der Waals surface area contributed by atoms with Crippen LogP contribution in [0, 0.1) is 6.92 Å². The Morgan fingerprint density at radius 3 is 1.90 bits per heavy atom. The number of rotatable bonds is 0. The summed E-state index contributed by atoms with van der Waals surface area (Å²) in [4.78, 5) is 2.71. The van der Waals surface area contributed by atoms with Crippen molar-refractivity contribution in [2.24, 2.45) is 0 Å². The second-order valence-electron chi connectivity index (χ2n) is 8.55. The van der Waals surface area contributed by atoms with Crippen LogP contribution >= 0.6 is 11.8 Å². The summed E-state index contributed by atoms with van der Waals surface area (Å²) in [5, 5.41) is 2.65. The van der Waals surface area contributed by atoms with Crippen LogP contribution in [-0.2, 0) is 5.41 Å². The Bertz CT molecular complexity index is 1480. The third-order valence-electron chi connectivity index (χ3n) is 7.06. The van der Waals surface area contributed by atoms with E-state index in [1.54, 1.807) is 0 Å². The number of aryl methyl sites for hydroxylation is 1. The molecular weight excluding hydrogens is 392 g/mol. The predicted octanol–water partition coefficient (Wildman–Crippen LogP) is 7.98. The maximum atomic E-state index is 2.39. The van der Waals surface area contributed by atoms with Gasteiger partial charge in [-0.25, -0.2) is 0 Å². The van der Waals surface area contributed by atoms with E-state index < -0.39 is 0 Å². The van der Waals surface area contributed by atoms with E-state index in [0.29, 0.717) is 0 Å². The minimum atomic E-state index is -0.279. The third kappa shape index (κ3) is 2.07. The molecule has 0 radical (unpaired) electrons. The van der Waals surface area contributed by atoms with Gasteiger partial charge in [-0.3, -0.25) is 0 Å². The molecule has 0 saturated heterocycles. The normalized spacial score (nSPS) is 14.7. The molecule has 1 heterocycles. The van der Waals surface area contributed by atoms with Gasteiger partial charge in [-0.1, -0.05) is 103 Å². The minimum Gasteiger partial charge on any atom is -0.0894 e. The third-order valence-corrected chi connectivity index (χ3v) is 8.21. The lowest BCUT2D eigenvalue weighted by molar-refractivity contribution is 0.722. The lowest BCUT2D eigenvalue weighted by Gasteiger charge is -2.39. The van der Waals surface area contributed by atoms with Crippen molar-refractivity contribution in [1.29, 1.82) is 0 Å². The SMILES string of the molecule is Cc1cccc2c1-c1c(ccc3ccccc13)C21c2ccccc2Sc2ccccc21. The molecule has 0 saturated carbocycles. The van der Waals surface area contributed by atoms with E-state index in [9.17, 15) is 0 Å². The molecule has 0 fully saturated rings. The second-order valence-corrected chi connectivity index (χ2v) is 9.63. The minimum absolute atomic E-state index is 0.279. The molecule has 0 aromatic heterocycles. The Balaban J connectivity index is 1.76. The zero-order valence-electron chi connectivity index (χ0n) is 17.2. The highest BCUT2D eigenvalue weighted by molar-refractivity contribution is 7.99. The molecule has 0 unspecified atom stereocenters. The zero-order chi connectivity index (χ0) is 20.6. The number of benzene rings is 5. The molecule has 0 N–H and O–H groups in total. The van der Waals surface area contributed by atoms with Crippen molar-refractivity contribution in [3.8, 4) is 11.1 Å². The molecular formula is C30H20S. The molecule has 1 aliphatic heterocycles. The van der Waals surface area contributed by atoms with E-state index in [1.807, 2.05) is 11.8 Å². The molecule has 1 heteroatoms. The first-order valence-corrected chi connectivity index (χ1v) is 11.6. The molecule has 1 aliphatic carbocycles. The second kappa shape index (κ2) is 6.12. The number of hydrogen-bond acceptors (Lipinski definition) is 1. The molecule has 0 bridgehead atoms. The van der Waals surface area contributed by atoms with E-state index >= 15 is 0 Å². The standard InChI is InChI=1S/C30H20S/c1-19-9-8-14-24-28(19)29-21-11-3-2-10-20(21)17-18-25(29)30(24)22-12-4-6-15-26(22)31-27-16-7-5-13-23(27)30/h2-18H,1H3. The molecule has 1 spiro atoms. The van der Waals surface area contributed by atoms with Gasteiger partial charge in [0.1, 0.15) is 0 Å². The van der Waals surface area contributed by atoms with Crippen LogP contribution in [-0.4, -0.2) is 0 Å². The summed E-state index contributed by atoms with van der Waals surface area (Å²) < 4.78 is 0. The number of hydrogen-bond donors (Lipinski definition) is 0. The fraction of sp³-hybridized carbons (Fsp3) is 0.0667. The van der Waals surface area contributed by atoms with Crippen LogP contribution in [0.25, 0.3) is 21.9 Å². The van der Waals surface area contributed by atoms with Crippen LogP contribution in [0.1, 0.15) is 27.8 Å². The lowest BCUT2D eigenvalue weighted by Crippen LogP contribution is -2.31. The van der Waals surface area contributed by atoms with Gasteiger partial charge in [0.05, 0.1) is 5.41 Å². The van der Waals surface area contributed by atoms with E-state index in [1.165, 1.54) is 59.5 Å². The molecule has 5 aromatic rings. The summed E-state index contributed by atoms with van der Waals surface area (Å²) in [6.45, 7) is 2.26. The highest BCUT2D eigenvalue weighted by atomic mass is 32.2. The van der Waals surface area contributed by atoms with Crippen LogP contribution in [0.3, 0.4) is 0 Å². The van der Waals surface area contributed by atoms with Crippen LogP contribution in [0.15, 0.2) is 113 Å². The van der Waals surface area contributed by atoms with Gasteiger partial charge in [0.15, 0.2) is 0 Å². The average Bonchev–Trinajstić information content (AvgIpc) is 3.12. The van der Waals surface area contributed by atoms with Crippen LogP contribution in [0.4, 0.5) is 0 Å². The highest BCUT2D eigenvalue weighted by Gasteiger charge is 2.50. The summed E-state index contributed by atoms with van der Waals surface area (Å²) in [6.07, 6.45) is 0. The van der Waals surface area contributed by atoms with Crippen molar-refractivity contribution in [2.45, 2.75) is 22.1 Å². The highest BCUT2D eigenvalue weighted by Crippen LogP contribution is 2.63. The largest absolute Gasteiger partial charge is 0.0894 e. The quantitative estimate of drug-likeness (QED) is 0.243. The summed E-state index contributed by atoms with van der Waals surface area (Å²) in [6, 6.07) is 38.4. The van der Waals surface area contributed by atoms with Gasteiger partial charge in [0.25, 0.3) is 0 Å². The summed E-state index contributed by atoms with van der Waals surface area (Å²) in [7, 11) is 0. The number of fused-ring (bicyclic) bond motifs is 11. The van der Waals surface area contributed by atoms with Gasteiger partial charge in [-0.15, -0.1) is 0 Å². The predicted molar refractivity (Wildman–Crippen MR) is 130 cm³/mol. The van der Waals surface area contributed by atoms with Gasteiger partial charge < -0.3 is 0 Å². The van der Waals surface area contributed by atoms with Gasteiger partial charge in [-0.05, 0) is 68.8 Å². The van der Waals surface area contributed by atoms with Crippen molar-refractivity contribution in [3.63, 3.8) is 0 Å². The molecule has 2 aliphatic rings. The topological polar surface area (TPSA) is 0 Å².